The van der Waals surface area contributed by atoms with Gasteiger partial charge in [0.15, 0.2) is 11.0 Å². The van der Waals surface area contributed by atoms with Crippen molar-refractivity contribution in [1.29, 1.82) is 0 Å². The van der Waals surface area contributed by atoms with Crippen LogP contribution < -0.4 is 5.32 Å². The van der Waals surface area contributed by atoms with E-state index in [1.807, 2.05) is 20.8 Å². The van der Waals surface area contributed by atoms with Crippen LogP contribution in [0.4, 0.5) is 5.13 Å². The van der Waals surface area contributed by atoms with Gasteiger partial charge in [0.25, 0.3) is 0 Å². The largest absolute Gasteiger partial charge is 0.339 e. The second kappa shape index (κ2) is 8.87. The van der Waals surface area contributed by atoms with Crippen molar-refractivity contribution >= 4 is 42.6 Å². The van der Waals surface area contributed by atoms with E-state index in [0.29, 0.717) is 48.3 Å². The molecule has 0 spiro atoms. The number of anilines is 1. The summed E-state index contributed by atoms with van der Waals surface area (Å²) in [4.78, 5) is 21.4. The van der Waals surface area contributed by atoms with Gasteiger partial charge in [0.1, 0.15) is 0 Å². The van der Waals surface area contributed by atoms with Crippen LogP contribution in [0.5, 0.6) is 0 Å². The molecule has 1 aliphatic heterocycles. The van der Waals surface area contributed by atoms with Gasteiger partial charge < -0.3 is 9.84 Å². The Bertz CT molecular complexity index is 1220. The van der Waals surface area contributed by atoms with E-state index >= 15 is 0 Å². The van der Waals surface area contributed by atoms with Crippen molar-refractivity contribution in [2.75, 3.05) is 18.4 Å². The fraction of sp³-hybridized carbons (Fsp3) is 0.524. The first-order valence-corrected chi connectivity index (χ1v) is 12.9. The summed E-state index contributed by atoms with van der Waals surface area (Å²) in [6, 6.07) is 4.91. The van der Waals surface area contributed by atoms with Crippen LogP contribution in [0, 0.1) is 0 Å². The Labute approximate surface area is 191 Å². The zero-order valence-electron chi connectivity index (χ0n) is 18.4. The Hall–Kier alpha value is -2.37. The number of fused-ring (bicyclic) bond motifs is 1. The molecule has 2 aromatic heterocycles. The normalized spacial score (nSPS) is 15.5. The van der Waals surface area contributed by atoms with Crippen LogP contribution in [0.2, 0.25) is 0 Å². The number of amides is 1. The Morgan fingerprint density at radius 3 is 2.66 bits per heavy atom. The molecule has 3 heterocycles. The Morgan fingerprint density at radius 2 is 1.97 bits per heavy atom. The third-order valence-electron chi connectivity index (χ3n) is 5.24. The van der Waals surface area contributed by atoms with Gasteiger partial charge in [-0.2, -0.15) is 9.29 Å². The van der Waals surface area contributed by atoms with Crippen molar-refractivity contribution in [3.63, 3.8) is 0 Å². The summed E-state index contributed by atoms with van der Waals surface area (Å²) in [5.74, 6) is 1.01. The number of nitrogens with one attached hydrogen (secondary N) is 1. The molecule has 4 rings (SSSR count). The number of nitrogens with zero attached hydrogens (tertiary/aromatic N) is 4. The number of hydrogen-bond acceptors (Lipinski definition) is 8. The zero-order chi connectivity index (χ0) is 22.9. The second-order valence-electron chi connectivity index (χ2n) is 8.92. The fourth-order valence-electron chi connectivity index (χ4n) is 3.44. The average molecular weight is 478 g/mol. The lowest BCUT2D eigenvalue weighted by molar-refractivity contribution is -0.116. The number of sulfonamides is 1. The monoisotopic (exact) mass is 477 g/mol. The third kappa shape index (κ3) is 5.00. The molecule has 3 aromatic rings. The smallest absolute Gasteiger partial charge is 0.243 e. The number of thiazole rings is 1. The summed E-state index contributed by atoms with van der Waals surface area (Å²) in [6.07, 6.45) is 3.16. The lowest BCUT2D eigenvalue weighted by Crippen LogP contribution is -2.27. The molecule has 0 atom stereocenters. The Morgan fingerprint density at radius 1 is 1.22 bits per heavy atom. The molecule has 0 saturated carbocycles. The maximum Gasteiger partial charge on any atom is 0.243 e. The van der Waals surface area contributed by atoms with Gasteiger partial charge in [-0.05, 0) is 37.5 Å². The van der Waals surface area contributed by atoms with Crippen LogP contribution in [0.15, 0.2) is 27.6 Å². The molecule has 0 unspecified atom stereocenters. The zero-order valence-corrected chi connectivity index (χ0v) is 20.1. The van der Waals surface area contributed by atoms with Crippen molar-refractivity contribution in [2.45, 2.75) is 63.2 Å². The lowest BCUT2D eigenvalue weighted by Gasteiger charge is -2.15. The van der Waals surface area contributed by atoms with Gasteiger partial charge in [-0.1, -0.05) is 37.3 Å². The molecule has 1 aromatic carbocycles. The highest BCUT2D eigenvalue weighted by molar-refractivity contribution is 7.89. The first-order valence-electron chi connectivity index (χ1n) is 10.7. The number of rotatable bonds is 7. The minimum absolute atomic E-state index is 0.162. The number of carbonyl (C=O) groups excluding carboxylic acids is 1. The summed E-state index contributed by atoms with van der Waals surface area (Å²) in [6.45, 7) is 7.16. The SMILES string of the molecule is CC(C)(C)c1noc(CCCC(=O)Nc2nc3ccc(S(=O)(=O)N4CCCC4)cc3s2)n1. The van der Waals surface area contributed by atoms with E-state index in [0.717, 1.165) is 17.5 Å². The number of hydrogen-bond donors (Lipinski definition) is 1. The minimum Gasteiger partial charge on any atom is -0.339 e. The molecule has 11 heteroatoms. The minimum atomic E-state index is -3.49. The van der Waals surface area contributed by atoms with Crippen LogP contribution in [0.1, 0.15) is 58.2 Å². The topological polar surface area (TPSA) is 118 Å². The predicted molar refractivity (Wildman–Crippen MR) is 122 cm³/mol. The summed E-state index contributed by atoms with van der Waals surface area (Å²) >= 11 is 1.27. The number of benzene rings is 1. The predicted octanol–water partition coefficient (Wildman–Crippen LogP) is 3.72. The highest BCUT2D eigenvalue weighted by Gasteiger charge is 2.27. The molecule has 1 N–H and O–H groups in total. The van der Waals surface area contributed by atoms with E-state index in [1.54, 1.807) is 18.2 Å². The van der Waals surface area contributed by atoms with E-state index in [2.05, 4.69) is 20.4 Å². The highest BCUT2D eigenvalue weighted by Crippen LogP contribution is 2.30. The Balaban J connectivity index is 1.35. The van der Waals surface area contributed by atoms with Crippen LogP contribution in [-0.4, -0.2) is 46.8 Å². The van der Waals surface area contributed by atoms with Gasteiger partial charge in [0, 0.05) is 31.3 Å². The molecule has 1 saturated heterocycles. The van der Waals surface area contributed by atoms with Crippen molar-refractivity contribution in [1.82, 2.24) is 19.4 Å². The maximum atomic E-state index is 12.8. The van der Waals surface area contributed by atoms with E-state index in [-0.39, 0.29) is 22.6 Å². The average Bonchev–Trinajstić information content (AvgIpc) is 3.47. The van der Waals surface area contributed by atoms with Crippen molar-refractivity contribution in [3.8, 4) is 0 Å². The molecule has 0 radical (unpaired) electrons. The van der Waals surface area contributed by atoms with Gasteiger partial charge in [0.2, 0.25) is 21.8 Å². The van der Waals surface area contributed by atoms with Gasteiger partial charge >= 0.3 is 0 Å². The summed E-state index contributed by atoms with van der Waals surface area (Å²) in [7, 11) is -3.49. The first kappa shape index (κ1) is 22.8. The Kier molecular flexibility index (Phi) is 6.33. The molecule has 172 valence electrons. The summed E-state index contributed by atoms with van der Waals surface area (Å²) in [5, 5.41) is 7.24. The summed E-state index contributed by atoms with van der Waals surface area (Å²) < 4.78 is 33.0. The number of aromatic nitrogens is 3. The van der Waals surface area contributed by atoms with E-state index < -0.39 is 10.0 Å². The van der Waals surface area contributed by atoms with Gasteiger partial charge in [-0.15, -0.1) is 0 Å². The van der Waals surface area contributed by atoms with E-state index in [4.69, 9.17) is 4.52 Å². The van der Waals surface area contributed by atoms with E-state index in [1.165, 1.54) is 15.6 Å². The molecule has 32 heavy (non-hydrogen) atoms. The van der Waals surface area contributed by atoms with Crippen LogP contribution >= 0.6 is 11.3 Å². The van der Waals surface area contributed by atoms with Crippen LogP contribution in [0.25, 0.3) is 10.2 Å². The molecule has 0 bridgehead atoms. The summed E-state index contributed by atoms with van der Waals surface area (Å²) in [5.41, 5.74) is 0.478. The third-order valence-corrected chi connectivity index (χ3v) is 8.07. The molecule has 0 aliphatic carbocycles. The van der Waals surface area contributed by atoms with E-state index in [9.17, 15) is 13.2 Å². The van der Waals surface area contributed by atoms with Gasteiger partial charge in [-0.3, -0.25) is 4.79 Å². The van der Waals surface area contributed by atoms with Gasteiger partial charge in [0.05, 0.1) is 15.1 Å². The molecule has 1 fully saturated rings. The molecule has 1 amide bonds. The molecule has 1 aliphatic rings. The van der Waals surface area contributed by atoms with Gasteiger partial charge in [-0.25, -0.2) is 13.4 Å². The lowest BCUT2D eigenvalue weighted by atomic mass is 9.96. The van der Waals surface area contributed by atoms with Crippen LogP contribution in [-0.2, 0) is 26.7 Å². The quantitative estimate of drug-likeness (QED) is 0.551. The highest BCUT2D eigenvalue weighted by atomic mass is 32.2. The van der Waals surface area contributed by atoms with Crippen LogP contribution in [0.3, 0.4) is 0 Å². The first-order chi connectivity index (χ1) is 15.1. The maximum absolute atomic E-state index is 12.8. The van der Waals surface area contributed by atoms with Crippen molar-refractivity contribution in [2.24, 2.45) is 0 Å². The van der Waals surface area contributed by atoms with Crippen molar-refractivity contribution < 1.29 is 17.7 Å². The second-order valence-corrected chi connectivity index (χ2v) is 11.9. The fourth-order valence-corrected chi connectivity index (χ4v) is 5.98. The molecule has 9 nitrogen and oxygen atoms in total. The standard InChI is InChI=1S/C21H27N5O4S2/c1-21(2,3)19-24-18(30-25-19)8-6-7-17(27)23-20-22-15-10-9-14(13-16(15)31-20)32(28,29)26-11-4-5-12-26/h9-10,13H,4-8,11-12H2,1-3H3,(H,22,23,27). The molecular weight excluding hydrogens is 450 g/mol. The number of carbonyl (C=O) groups is 1. The number of aryl methyl sites for hydroxylation is 1. The molecular formula is C21H27N5O4S2. The van der Waals surface area contributed by atoms with Crippen molar-refractivity contribution in [3.05, 3.63) is 29.9 Å².